The second kappa shape index (κ2) is 5.92. The molecule has 0 saturated heterocycles. The number of carbonyl (C=O) groups is 1. The molecule has 7 heteroatoms. The predicted octanol–water partition coefficient (Wildman–Crippen LogP) is 2.15. The molecule has 0 unspecified atom stereocenters. The van der Waals surface area contributed by atoms with E-state index < -0.39 is 0 Å². The van der Waals surface area contributed by atoms with Crippen LogP contribution < -0.4 is 0 Å². The zero-order valence-electron chi connectivity index (χ0n) is 13.3. The minimum Gasteiger partial charge on any atom is -0.355 e. The molecule has 0 aliphatic carbocycles. The summed E-state index contributed by atoms with van der Waals surface area (Å²) in [6.07, 6.45) is 0.838. The highest BCUT2D eigenvalue weighted by Crippen LogP contribution is 2.21. The fourth-order valence-corrected chi connectivity index (χ4v) is 2.93. The van der Waals surface area contributed by atoms with Gasteiger partial charge in [0.15, 0.2) is 17.3 Å². The molecule has 0 fully saturated rings. The average molecular weight is 323 g/mol. The summed E-state index contributed by atoms with van der Waals surface area (Å²) in [5, 5.41) is 12.3. The second-order valence-electron chi connectivity index (χ2n) is 5.71. The molecule has 2 aromatic heterocycles. The topological polar surface area (TPSA) is 77.0 Å². The first-order valence-corrected chi connectivity index (χ1v) is 7.98. The summed E-state index contributed by atoms with van der Waals surface area (Å²) in [6, 6.07) is 11.3. The predicted molar refractivity (Wildman–Crippen MR) is 86.1 cm³/mol. The van der Waals surface area contributed by atoms with Gasteiger partial charge in [-0.3, -0.25) is 4.79 Å². The number of fused-ring (bicyclic) bond motifs is 1. The van der Waals surface area contributed by atoms with Crippen molar-refractivity contribution in [3.63, 3.8) is 0 Å². The molecule has 1 aromatic carbocycles. The Balaban J connectivity index is 1.54. The lowest BCUT2D eigenvalue weighted by Crippen LogP contribution is -2.38. The normalized spacial score (nSPS) is 13.8. The van der Waals surface area contributed by atoms with Crippen LogP contribution in [0.25, 0.3) is 11.3 Å². The minimum atomic E-state index is -0.145. The Morgan fingerprint density at radius 2 is 2.04 bits per heavy atom. The lowest BCUT2D eigenvalue weighted by atomic mass is 10.1. The first-order valence-electron chi connectivity index (χ1n) is 7.98. The van der Waals surface area contributed by atoms with Crippen LogP contribution in [0.2, 0.25) is 0 Å². The molecule has 24 heavy (non-hydrogen) atoms. The van der Waals surface area contributed by atoms with Crippen LogP contribution in [-0.4, -0.2) is 37.3 Å². The van der Waals surface area contributed by atoms with Gasteiger partial charge in [-0.25, -0.2) is 0 Å². The van der Waals surface area contributed by atoms with Crippen LogP contribution in [0.4, 0.5) is 0 Å². The first kappa shape index (κ1) is 14.6. The van der Waals surface area contributed by atoms with Crippen LogP contribution in [0.15, 0.2) is 40.9 Å². The number of amides is 1. The van der Waals surface area contributed by atoms with Crippen LogP contribution in [0.1, 0.15) is 29.1 Å². The van der Waals surface area contributed by atoms with Crippen molar-refractivity contribution in [3.8, 4) is 11.3 Å². The molecule has 0 saturated carbocycles. The summed E-state index contributed by atoms with van der Waals surface area (Å²) < 4.78 is 7.41. The standard InChI is InChI=1S/C17H17N5O2/c1-2-15-18-19-16-11-21(8-9-22(15)16)17(23)13-10-14(24-20-13)12-6-4-3-5-7-12/h3-7,10H,2,8-9,11H2,1H3. The van der Waals surface area contributed by atoms with Crippen LogP contribution >= 0.6 is 0 Å². The van der Waals surface area contributed by atoms with E-state index >= 15 is 0 Å². The lowest BCUT2D eigenvalue weighted by molar-refractivity contribution is 0.0696. The molecule has 0 radical (unpaired) electrons. The zero-order valence-corrected chi connectivity index (χ0v) is 13.3. The largest absolute Gasteiger partial charge is 0.355 e. The van der Waals surface area contributed by atoms with Gasteiger partial charge >= 0.3 is 0 Å². The summed E-state index contributed by atoms with van der Waals surface area (Å²) in [7, 11) is 0. The minimum absolute atomic E-state index is 0.145. The van der Waals surface area contributed by atoms with Crippen molar-refractivity contribution in [2.24, 2.45) is 0 Å². The van der Waals surface area contributed by atoms with Crippen molar-refractivity contribution in [1.82, 2.24) is 24.8 Å². The molecule has 0 atom stereocenters. The Labute approximate surface area is 138 Å². The third-order valence-corrected chi connectivity index (χ3v) is 4.22. The van der Waals surface area contributed by atoms with Crippen molar-refractivity contribution in [2.45, 2.75) is 26.4 Å². The van der Waals surface area contributed by atoms with Crippen LogP contribution in [0.5, 0.6) is 0 Å². The van der Waals surface area contributed by atoms with Gasteiger partial charge in [0.25, 0.3) is 5.91 Å². The van der Waals surface area contributed by atoms with Crippen molar-refractivity contribution in [3.05, 3.63) is 53.7 Å². The first-order chi connectivity index (χ1) is 11.8. The number of aryl methyl sites for hydroxylation is 1. The Hall–Kier alpha value is -2.96. The smallest absolute Gasteiger partial charge is 0.276 e. The maximum absolute atomic E-state index is 12.7. The van der Waals surface area contributed by atoms with E-state index in [0.717, 1.165) is 23.6 Å². The number of rotatable bonds is 3. The Morgan fingerprint density at radius 1 is 1.21 bits per heavy atom. The van der Waals surface area contributed by atoms with Gasteiger partial charge in [-0.05, 0) is 0 Å². The van der Waals surface area contributed by atoms with Gasteiger partial charge in [0, 0.05) is 31.1 Å². The average Bonchev–Trinajstić information content (AvgIpc) is 3.28. The van der Waals surface area contributed by atoms with E-state index in [2.05, 4.69) is 26.8 Å². The maximum atomic E-state index is 12.7. The van der Waals surface area contributed by atoms with E-state index in [0.29, 0.717) is 31.1 Å². The van der Waals surface area contributed by atoms with Gasteiger partial charge in [0.1, 0.15) is 5.82 Å². The van der Waals surface area contributed by atoms with Crippen LogP contribution in [0, 0.1) is 0 Å². The lowest BCUT2D eigenvalue weighted by Gasteiger charge is -2.27. The number of carbonyl (C=O) groups excluding carboxylic acids is 1. The Kier molecular flexibility index (Phi) is 3.60. The van der Waals surface area contributed by atoms with Gasteiger partial charge in [-0.15, -0.1) is 10.2 Å². The fourth-order valence-electron chi connectivity index (χ4n) is 2.93. The molecule has 3 heterocycles. The Bertz CT molecular complexity index is 868. The molecular formula is C17H17N5O2. The van der Waals surface area contributed by atoms with E-state index in [1.165, 1.54) is 0 Å². The molecule has 1 aliphatic heterocycles. The number of aromatic nitrogens is 4. The molecular weight excluding hydrogens is 306 g/mol. The van der Waals surface area contributed by atoms with Crippen molar-refractivity contribution in [1.29, 1.82) is 0 Å². The highest BCUT2D eigenvalue weighted by molar-refractivity contribution is 5.93. The van der Waals surface area contributed by atoms with Crippen LogP contribution in [0.3, 0.4) is 0 Å². The van der Waals surface area contributed by atoms with E-state index in [1.54, 1.807) is 11.0 Å². The summed E-state index contributed by atoms with van der Waals surface area (Å²) >= 11 is 0. The number of nitrogens with zero attached hydrogens (tertiary/aromatic N) is 5. The third kappa shape index (κ3) is 2.47. The third-order valence-electron chi connectivity index (χ3n) is 4.22. The molecule has 4 rings (SSSR count). The SMILES string of the molecule is CCc1nnc2n1CCN(C(=O)c1cc(-c3ccccc3)on1)C2. The summed E-state index contributed by atoms with van der Waals surface area (Å²) in [5.74, 6) is 2.23. The fraction of sp³-hybridized carbons (Fsp3) is 0.294. The van der Waals surface area contributed by atoms with E-state index in [9.17, 15) is 4.79 Å². The molecule has 122 valence electrons. The zero-order chi connectivity index (χ0) is 16.5. The van der Waals surface area contributed by atoms with Crippen molar-refractivity contribution in [2.75, 3.05) is 6.54 Å². The summed E-state index contributed by atoms with van der Waals surface area (Å²) in [4.78, 5) is 14.4. The molecule has 3 aromatic rings. The number of hydrogen-bond donors (Lipinski definition) is 0. The maximum Gasteiger partial charge on any atom is 0.276 e. The second-order valence-corrected chi connectivity index (χ2v) is 5.71. The molecule has 1 amide bonds. The molecule has 0 N–H and O–H groups in total. The van der Waals surface area contributed by atoms with E-state index in [1.807, 2.05) is 30.3 Å². The van der Waals surface area contributed by atoms with Crippen LogP contribution in [-0.2, 0) is 19.5 Å². The van der Waals surface area contributed by atoms with Crippen molar-refractivity contribution < 1.29 is 9.32 Å². The van der Waals surface area contributed by atoms with Gasteiger partial charge in [-0.1, -0.05) is 42.4 Å². The van der Waals surface area contributed by atoms with Crippen molar-refractivity contribution >= 4 is 5.91 Å². The van der Waals surface area contributed by atoms with E-state index in [4.69, 9.17) is 4.52 Å². The van der Waals surface area contributed by atoms with Gasteiger partial charge in [0.2, 0.25) is 0 Å². The Morgan fingerprint density at radius 3 is 2.83 bits per heavy atom. The van der Waals surface area contributed by atoms with Gasteiger partial charge in [0.05, 0.1) is 6.54 Å². The highest BCUT2D eigenvalue weighted by Gasteiger charge is 2.26. The quantitative estimate of drug-likeness (QED) is 0.738. The summed E-state index contributed by atoms with van der Waals surface area (Å²) in [5.41, 5.74) is 1.22. The molecule has 0 spiro atoms. The summed E-state index contributed by atoms with van der Waals surface area (Å²) in [6.45, 7) is 3.82. The van der Waals surface area contributed by atoms with Gasteiger partial charge < -0.3 is 14.0 Å². The van der Waals surface area contributed by atoms with E-state index in [-0.39, 0.29) is 5.91 Å². The molecule has 0 bridgehead atoms. The molecule has 1 aliphatic rings. The van der Waals surface area contributed by atoms with Gasteiger partial charge in [-0.2, -0.15) is 0 Å². The number of hydrogen-bond acceptors (Lipinski definition) is 5. The monoisotopic (exact) mass is 323 g/mol. The number of benzene rings is 1. The molecule has 7 nitrogen and oxygen atoms in total. The highest BCUT2D eigenvalue weighted by atomic mass is 16.5.